The number of hydrogen-bond acceptors (Lipinski definition) is 10. The van der Waals surface area contributed by atoms with Crippen LogP contribution in [0.2, 0.25) is 0 Å². The molecule has 1 aromatic heterocycles. The first kappa shape index (κ1) is 27.5. The summed E-state index contributed by atoms with van der Waals surface area (Å²) in [6, 6.07) is 0. The molecular weight excluding hydrogens is 532 g/mol. The number of aromatic amines is 1. The van der Waals surface area contributed by atoms with Gasteiger partial charge in [0, 0.05) is 0 Å². The molecule has 7 atom stereocenters. The fraction of sp³-hybridized carbons (Fsp3) is 0.700. The number of hydrogen-bond donors (Lipinski definition) is 6. The molecule has 184 valence electrons. The van der Waals surface area contributed by atoms with Gasteiger partial charge < -0.3 is 29.4 Å². The highest BCUT2D eigenvalue weighted by atomic mass is 31.8. The van der Waals surface area contributed by atoms with Gasteiger partial charge in [0.25, 0.3) is 12.8 Å². The lowest BCUT2D eigenvalue weighted by molar-refractivity contribution is -0.0919. The van der Waals surface area contributed by atoms with Crippen molar-refractivity contribution in [3.8, 4) is 0 Å². The van der Waals surface area contributed by atoms with E-state index < -0.39 is 71.0 Å². The monoisotopic (exact) mass is 549 g/mol. The maximum Gasteiger partial charge on any atom is 0.488 e. The summed E-state index contributed by atoms with van der Waals surface area (Å²) in [5.41, 5.74) is -5.65. The lowest BCUT2D eigenvalue weighted by Gasteiger charge is -2.26. The van der Waals surface area contributed by atoms with Gasteiger partial charge in [-0.2, -0.15) is 14.1 Å². The smallest absolute Gasteiger partial charge is 0.387 e. The summed E-state index contributed by atoms with van der Waals surface area (Å²) < 4.78 is 69.5. The lowest BCUT2D eigenvalue weighted by Crippen LogP contribution is -2.49. The molecule has 2 heterocycles. The molecule has 0 aliphatic carbocycles. The molecule has 22 heteroatoms. The summed E-state index contributed by atoms with van der Waals surface area (Å²) in [4.78, 5) is 61.5. The topological polar surface area (TPSA) is 240 Å². The Labute approximate surface area is 178 Å². The van der Waals surface area contributed by atoms with Crippen LogP contribution in [0.3, 0.4) is 0 Å². The minimum absolute atomic E-state index is 0.170. The van der Waals surface area contributed by atoms with Gasteiger partial charge in [0.05, 0.1) is 6.10 Å². The van der Waals surface area contributed by atoms with Crippen LogP contribution in [0.25, 0.3) is 0 Å². The van der Waals surface area contributed by atoms with Gasteiger partial charge in [-0.3, -0.25) is 14.3 Å². The molecule has 0 amide bonds. The van der Waals surface area contributed by atoms with Crippen LogP contribution in [-0.2, 0) is 27.0 Å². The average Bonchev–Trinajstić information content (AvgIpc) is 2.84. The zero-order valence-corrected chi connectivity index (χ0v) is 19.3. The predicted octanol–water partition coefficient (Wildman–Crippen LogP) is -0.688. The maximum atomic E-state index is 15.1. The molecule has 2 rings (SSSR count). The van der Waals surface area contributed by atoms with Crippen LogP contribution < -0.4 is 11.2 Å². The minimum Gasteiger partial charge on any atom is -0.387 e. The quantitative estimate of drug-likeness (QED) is 0.209. The van der Waals surface area contributed by atoms with Crippen LogP contribution >= 0.6 is 31.4 Å². The molecule has 0 aromatic carbocycles. The van der Waals surface area contributed by atoms with Crippen molar-refractivity contribution in [1.82, 2.24) is 14.8 Å². The third-order valence-corrected chi connectivity index (χ3v) is 8.57. The van der Waals surface area contributed by atoms with Crippen molar-refractivity contribution in [2.75, 3.05) is 6.67 Å². The van der Waals surface area contributed by atoms with Crippen LogP contribution in [-0.4, -0.2) is 70.1 Å². The second-order valence-electron chi connectivity index (χ2n) is 6.30. The first-order valence-corrected chi connectivity index (χ1v) is 14.0. The largest absolute Gasteiger partial charge is 0.488 e. The number of halogens is 2. The number of aliphatic hydroxyl groups excluding tert-OH is 1. The van der Waals surface area contributed by atoms with E-state index in [0.717, 1.165) is 6.92 Å². The number of nitrogens with one attached hydrogen (secondary N) is 1. The standard InChI is InChI=1S/C10H17F2N3O13P4/c1-4(26-30(19,20)27-31(21,22)28-32(23,24)29)6-7(17)10(12,3-11)8(25-6)15-9(18)14-5(16)2-13-15/h2,4,6-8,17,23-24,29H,3H2,1H3,(H,19,20)(H,21,22)(H,14,16,18)/t4-,6?,7+,8+,10?/m1/s1. The van der Waals surface area contributed by atoms with Crippen LogP contribution in [0.4, 0.5) is 8.78 Å². The van der Waals surface area contributed by atoms with Gasteiger partial charge in [-0.25, -0.2) is 27.0 Å². The van der Waals surface area contributed by atoms with Crippen LogP contribution in [0.5, 0.6) is 0 Å². The molecule has 16 nitrogen and oxygen atoms in total. The highest BCUT2D eigenvalue weighted by Crippen LogP contribution is 2.68. The van der Waals surface area contributed by atoms with Crippen molar-refractivity contribution in [3.63, 3.8) is 0 Å². The second-order valence-corrected chi connectivity index (χ2v) is 12.5. The van der Waals surface area contributed by atoms with Crippen LogP contribution in [0.1, 0.15) is 13.2 Å². The van der Waals surface area contributed by atoms with E-state index in [1.54, 1.807) is 4.98 Å². The molecule has 6 N–H and O–H groups in total. The molecule has 0 spiro atoms. The van der Waals surface area contributed by atoms with E-state index in [9.17, 15) is 38.0 Å². The third-order valence-electron chi connectivity index (χ3n) is 3.85. The van der Waals surface area contributed by atoms with E-state index in [1.807, 2.05) is 0 Å². The van der Waals surface area contributed by atoms with Gasteiger partial charge in [-0.1, -0.05) is 0 Å². The van der Waals surface area contributed by atoms with E-state index in [-0.39, 0.29) is 4.68 Å². The molecular formula is C10H17F2N3O13P4. The highest BCUT2D eigenvalue weighted by Gasteiger charge is 2.61. The fourth-order valence-corrected chi connectivity index (χ4v) is 6.84. The molecule has 0 saturated carbocycles. The van der Waals surface area contributed by atoms with Crippen molar-refractivity contribution < 1.29 is 60.5 Å². The fourth-order valence-electron chi connectivity index (χ4n) is 2.64. The molecule has 1 fully saturated rings. The van der Waals surface area contributed by atoms with Gasteiger partial charge in [-0.05, 0) is 15.5 Å². The number of rotatable bonds is 9. The van der Waals surface area contributed by atoms with Crippen LogP contribution in [0, 0.1) is 0 Å². The number of phosphoric acid groups is 2. The number of ether oxygens (including phenoxy) is 1. The molecule has 1 aromatic rings. The Morgan fingerprint density at radius 1 is 1.31 bits per heavy atom. The molecule has 4 unspecified atom stereocenters. The van der Waals surface area contributed by atoms with Gasteiger partial charge in [0.15, 0.2) is 6.23 Å². The van der Waals surface area contributed by atoms with E-state index in [1.165, 1.54) is 0 Å². The van der Waals surface area contributed by atoms with E-state index in [4.69, 9.17) is 14.5 Å². The molecule has 0 radical (unpaired) electrons. The second kappa shape index (κ2) is 9.51. The lowest BCUT2D eigenvalue weighted by atomic mass is 9.95. The van der Waals surface area contributed by atoms with Gasteiger partial charge >= 0.3 is 21.3 Å². The zero-order valence-electron chi connectivity index (χ0n) is 15.6. The summed E-state index contributed by atoms with van der Waals surface area (Å²) in [5, 5.41) is 13.5. The van der Waals surface area contributed by atoms with Crippen molar-refractivity contribution >= 4 is 31.4 Å². The van der Waals surface area contributed by atoms with E-state index in [2.05, 4.69) is 26.8 Å². The van der Waals surface area contributed by atoms with Gasteiger partial charge in [-0.15, -0.1) is 0 Å². The summed E-state index contributed by atoms with van der Waals surface area (Å²) in [7, 11) is -13.7. The number of phosphoric ester groups is 1. The van der Waals surface area contributed by atoms with Crippen molar-refractivity contribution in [1.29, 1.82) is 0 Å². The highest BCUT2D eigenvalue weighted by molar-refractivity contribution is 7.91. The summed E-state index contributed by atoms with van der Waals surface area (Å²) in [6.07, 6.45) is -8.04. The van der Waals surface area contributed by atoms with E-state index in [0.29, 0.717) is 6.20 Å². The Balaban J connectivity index is 2.26. The Kier molecular flexibility index (Phi) is 8.19. The Bertz CT molecular complexity index is 1110. The van der Waals surface area contributed by atoms with Gasteiger partial charge in [0.1, 0.15) is 25.1 Å². The number of aliphatic hydroxyl groups is 1. The maximum absolute atomic E-state index is 15.1. The Morgan fingerprint density at radius 2 is 1.91 bits per heavy atom. The van der Waals surface area contributed by atoms with Crippen molar-refractivity contribution in [2.24, 2.45) is 0 Å². The number of aromatic nitrogens is 3. The zero-order chi connectivity index (χ0) is 24.7. The molecule has 1 aliphatic heterocycles. The normalized spacial score (nSPS) is 31.1. The number of alkyl halides is 2. The third kappa shape index (κ3) is 6.45. The summed E-state index contributed by atoms with van der Waals surface area (Å²) in [5.74, 6) is 0. The Hall–Kier alpha value is -0.700. The summed E-state index contributed by atoms with van der Waals surface area (Å²) in [6.45, 7) is -1.06. The number of H-pyrrole nitrogens is 1. The molecule has 1 saturated heterocycles. The van der Waals surface area contributed by atoms with Gasteiger partial charge in [0.2, 0.25) is 5.67 Å². The molecule has 0 bridgehead atoms. The first-order chi connectivity index (χ1) is 14.4. The Morgan fingerprint density at radius 3 is 2.41 bits per heavy atom. The predicted molar refractivity (Wildman–Crippen MR) is 101 cm³/mol. The minimum atomic E-state index is -5.61. The first-order valence-electron chi connectivity index (χ1n) is 8.04. The average molecular weight is 549 g/mol. The molecule has 1 aliphatic rings. The van der Waals surface area contributed by atoms with Crippen molar-refractivity contribution in [2.45, 2.75) is 37.1 Å². The van der Waals surface area contributed by atoms with Crippen LogP contribution in [0.15, 0.2) is 15.8 Å². The number of nitrogens with zero attached hydrogens (tertiary/aromatic N) is 2. The van der Waals surface area contributed by atoms with Crippen molar-refractivity contribution in [3.05, 3.63) is 27.0 Å². The molecule has 32 heavy (non-hydrogen) atoms. The summed E-state index contributed by atoms with van der Waals surface area (Å²) >= 11 is 0. The van der Waals surface area contributed by atoms with E-state index >= 15 is 4.39 Å². The SMILES string of the molecule is C[C@@H](OP(=O)(O)OP(=O)(O)OP(O)(O)=P)C1O[C@H](n2ncc(=O)[nH]c2=O)C(F)(CF)[C@H]1O.